The number of rotatable bonds is 1. The molecule has 3 nitrogen and oxygen atoms in total. The van der Waals surface area contributed by atoms with Gasteiger partial charge < -0.3 is 10.2 Å². The predicted octanol–water partition coefficient (Wildman–Crippen LogP) is 2.44. The van der Waals surface area contributed by atoms with Gasteiger partial charge in [0.05, 0.1) is 4.70 Å². The highest BCUT2D eigenvalue weighted by molar-refractivity contribution is 7.20. The molecule has 0 aliphatic carbocycles. The maximum absolute atomic E-state index is 13.2. The summed E-state index contributed by atoms with van der Waals surface area (Å²) in [6, 6.07) is 3.64. The zero-order valence-electron chi connectivity index (χ0n) is 6.82. The molecule has 0 fully saturated rings. The molecule has 0 aliphatic heterocycles. The normalized spacial score (nSPS) is 10.6. The number of aromatic carboxylic acids is 1. The zero-order valence-corrected chi connectivity index (χ0v) is 7.64. The molecule has 1 aromatic heterocycles. The van der Waals surface area contributed by atoms with Gasteiger partial charge >= 0.3 is 5.97 Å². The Balaban J connectivity index is 2.76. The third kappa shape index (κ3) is 1.31. The van der Waals surface area contributed by atoms with Crippen LogP contribution in [0.5, 0.6) is 5.75 Å². The van der Waals surface area contributed by atoms with Crippen molar-refractivity contribution in [3.05, 3.63) is 28.9 Å². The Hall–Kier alpha value is -1.62. The lowest BCUT2D eigenvalue weighted by Gasteiger charge is -1.93. The van der Waals surface area contributed by atoms with Crippen molar-refractivity contribution in [3.63, 3.8) is 0 Å². The van der Waals surface area contributed by atoms with Crippen LogP contribution in [0, 0.1) is 5.82 Å². The minimum atomic E-state index is -1.09. The van der Waals surface area contributed by atoms with Crippen molar-refractivity contribution < 1.29 is 19.4 Å². The second-order valence-electron chi connectivity index (χ2n) is 2.76. The molecule has 72 valence electrons. The molecule has 14 heavy (non-hydrogen) atoms. The van der Waals surface area contributed by atoms with Crippen LogP contribution in [0.1, 0.15) is 9.67 Å². The highest BCUT2D eigenvalue weighted by Gasteiger charge is 2.12. The Morgan fingerprint density at radius 1 is 1.36 bits per heavy atom. The largest absolute Gasteiger partial charge is 0.508 e. The number of benzene rings is 1. The van der Waals surface area contributed by atoms with E-state index in [4.69, 9.17) is 10.2 Å². The second-order valence-corrected chi connectivity index (χ2v) is 3.81. The number of aromatic hydroxyl groups is 1. The van der Waals surface area contributed by atoms with Gasteiger partial charge in [-0.1, -0.05) is 0 Å². The quantitative estimate of drug-likeness (QED) is 0.763. The first-order chi connectivity index (χ1) is 6.58. The molecule has 0 unspecified atom stereocenters. The third-order valence-corrected chi connectivity index (χ3v) is 2.91. The molecule has 2 N–H and O–H groups in total. The van der Waals surface area contributed by atoms with E-state index in [2.05, 4.69) is 0 Å². The molecule has 0 bridgehead atoms. The van der Waals surface area contributed by atoms with Crippen molar-refractivity contribution in [1.29, 1.82) is 0 Å². The summed E-state index contributed by atoms with van der Waals surface area (Å²) in [5.74, 6) is -1.90. The van der Waals surface area contributed by atoms with Crippen molar-refractivity contribution in [2.75, 3.05) is 0 Å². The molecular formula is C9H5FO3S. The number of fused-ring (bicyclic) bond motifs is 1. The summed E-state index contributed by atoms with van der Waals surface area (Å²) in [5, 5.41) is 18.2. The minimum absolute atomic E-state index is 0.0597. The van der Waals surface area contributed by atoms with Gasteiger partial charge in [0.1, 0.15) is 16.4 Å². The van der Waals surface area contributed by atoms with Crippen molar-refractivity contribution in [2.45, 2.75) is 0 Å². The summed E-state index contributed by atoms with van der Waals surface area (Å²) < 4.78 is 13.4. The van der Waals surface area contributed by atoms with E-state index in [0.29, 0.717) is 5.39 Å². The first-order valence-electron chi connectivity index (χ1n) is 3.73. The summed E-state index contributed by atoms with van der Waals surface area (Å²) in [5.41, 5.74) is 0. The molecule has 0 atom stereocenters. The molecule has 0 saturated heterocycles. The second kappa shape index (κ2) is 2.95. The van der Waals surface area contributed by atoms with Crippen LogP contribution in [-0.4, -0.2) is 16.2 Å². The molecule has 0 amide bonds. The molecule has 0 aliphatic rings. The van der Waals surface area contributed by atoms with Gasteiger partial charge in [-0.2, -0.15) is 0 Å². The summed E-state index contributed by atoms with van der Waals surface area (Å²) in [6.07, 6.45) is 0. The Morgan fingerprint density at radius 2 is 2.07 bits per heavy atom. The lowest BCUT2D eigenvalue weighted by Crippen LogP contribution is -1.89. The number of hydrogen-bond acceptors (Lipinski definition) is 3. The Morgan fingerprint density at radius 3 is 2.71 bits per heavy atom. The standard InChI is InChI=1S/C9H5FO3S/c10-6-3-5(11)1-4-2-7(9(12)13)14-8(4)6/h1-3,11H,(H,12,13). The molecule has 2 rings (SSSR count). The van der Waals surface area contributed by atoms with Crippen molar-refractivity contribution in [2.24, 2.45) is 0 Å². The van der Waals surface area contributed by atoms with Crippen LogP contribution >= 0.6 is 11.3 Å². The fourth-order valence-corrected chi connectivity index (χ4v) is 2.09. The molecule has 1 heterocycles. The van der Waals surface area contributed by atoms with Gasteiger partial charge in [-0.25, -0.2) is 9.18 Å². The molecule has 0 spiro atoms. The van der Waals surface area contributed by atoms with Crippen molar-refractivity contribution in [3.8, 4) is 5.75 Å². The van der Waals surface area contributed by atoms with Gasteiger partial charge in [0.2, 0.25) is 0 Å². The number of phenolic OH excluding ortho intramolecular Hbond substituents is 1. The first kappa shape index (κ1) is 8.96. The predicted molar refractivity (Wildman–Crippen MR) is 50.4 cm³/mol. The lowest BCUT2D eigenvalue weighted by atomic mass is 10.2. The van der Waals surface area contributed by atoms with Crippen LogP contribution in [0.3, 0.4) is 0 Å². The molecule has 5 heteroatoms. The van der Waals surface area contributed by atoms with Crippen LogP contribution in [0.2, 0.25) is 0 Å². The Bertz CT molecular complexity index is 518. The fraction of sp³-hybridized carbons (Fsp3) is 0. The van der Waals surface area contributed by atoms with E-state index >= 15 is 0 Å². The van der Waals surface area contributed by atoms with Gasteiger partial charge in [0, 0.05) is 6.07 Å². The number of thiophene rings is 1. The SMILES string of the molecule is O=C(O)c1cc2cc(O)cc(F)c2s1. The zero-order chi connectivity index (χ0) is 10.3. The van der Waals surface area contributed by atoms with Crippen LogP contribution in [-0.2, 0) is 0 Å². The van der Waals surface area contributed by atoms with Crippen LogP contribution in [0.15, 0.2) is 18.2 Å². The van der Waals surface area contributed by atoms with Gasteiger partial charge in [0.15, 0.2) is 0 Å². The Kier molecular flexibility index (Phi) is 1.89. The fourth-order valence-electron chi connectivity index (χ4n) is 1.20. The molecule has 1 aromatic carbocycles. The highest BCUT2D eigenvalue weighted by Crippen LogP contribution is 2.31. The number of hydrogen-bond donors (Lipinski definition) is 2. The van der Waals surface area contributed by atoms with Crippen LogP contribution in [0.25, 0.3) is 10.1 Å². The van der Waals surface area contributed by atoms with E-state index in [1.54, 1.807) is 0 Å². The average Bonchev–Trinajstić information content (AvgIpc) is 2.47. The van der Waals surface area contributed by atoms with Gasteiger partial charge in [-0.15, -0.1) is 11.3 Å². The van der Waals surface area contributed by atoms with Crippen LogP contribution in [0.4, 0.5) is 4.39 Å². The molecule has 0 saturated carbocycles. The number of carboxylic acids is 1. The third-order valence-electron chi connectivity index (χ3n) is 1.77. The van der Waals surface area contributed by atoms with E-state index in [1.807, 2.05) is 0 Å². The highest BCUT2D eigenvalue weighted by atomic mass is 32.1. The smallest absolute Gasteiger partial charge is 0.345 e. The summed E-state index contributed by atoms with van der Waals surface area (Å²) in [6.45, 7) is 0. The topological polar surface area (TPSA) is 57.5 Å². The number of carboxylic acid groups (broad SMARTS) is 1. The lowest BCUT2D eigenvalue weighted by molar-refractivity contribution is 0.0702. The van der Waals surface area contributed by atoms with E-state index in [9.17, 15) is 9.18 Å². The molecular weight excluding hydrogens is 207 g/mol. The number of carbonyl (C=O) groups is 1. The van der Waals surface area contributed by atoms with Gasteiger partial charge in [0.25, 0.3) is 0 Å². The maximum Gasteiger partial charge on any atom is 0.345 e. The summed E-state index contributed by atoms with van der Waals surface area (Å²) >= 11 is 0.855. The first-order valence-corrected chi connectivity index (χ1v) is 4.55. The van der Waals surface area contributed by atoms with E-state index in [0.717, 1.165) is 17.4 Å². The van der Waals surface area contributed by atoms with Crippen LogP contribution < -0.4 is 0 Å². The Labute approximate surface area is 82.0 Å². The van der Waals surface area contributed by atoms with E-state index in [-0.39, 0.29) is 15.3 Å². The van der Waals surface area contributed by atoms with E-state index < -0.39 is 11.8 Å². The van der Waals surface area contributed by atoms with Gasteiger partial charge in [-0.3, -0.25) is 0 Å². The average molecular weight is 212 g/mol. The minimum Gasteiger partial charge on any atom is -0.508 e. The number of phenols is 1. The summed E-state index contributed by atoms with van der Waals surface area (Å²) in [4.78, 5) is 10.7. The maximum atomic E-state index is 13.2. The monoisotopic (exact) mass is 212 g/mol. The summed E-state index contributed by atoms with van der Waals surface area (Å²) in [7, 11) is 0. The van der Waals surface area contributed by atoms with Crippen molar-refractivity contribution in [1.82, 2.24) is 0 Å². The van der Waals surface area contributed by atoms with E-state index in [1.165, 1.54) is 12.1 Å². The number of halogens is 1. The van der Waals surface area contributed by atoms with Crippen molar-refractivity contribution >= 4 is 27.4 Å². The molecule has 0 radical (unpaired) electrons. The molecule has 2 aromatic rings. The van der Waals surface area contributed by atoms with Gasteiger partial charge in [-0.05, 0) is 17.5 Å².